The molecule has 2 aromatic carbocycles. The third-order valence-corrected chi connectivity index (χ3v) is 15.7. The van der Waals surface area contributed by atoms with Gasteiger partial charge in [-0.3, -0.25) is 4.79 Å². The van der Waals surface area contributed by atoms with E-state index in [9.17, 15) is 48.0 Å². The number of ketones is 1. The van der Waals surface area contributed by atoms with Crippen LogP contribution in [0.1, 0.15) is 44.5 Å². The first-order valence-electron chi connectivity index (χ1n) is 18.2. The number of hydrogen-bond donors (Lipinski definition) is 2. The number of hydrogen-bond acceptors (Lipinski definition) is 13. The number of sulfonamides is 3. The van der Waals surface area contributed by atoms with Crippen LogP contribution in [0.3, 0.4) is 0 Å². The Morgan fingerprint density at radius 3 is 2.34 bits per heavy atom. The van der Waals surface area contributed by atoms with E-state index >= 15 is 0 Å². The number of alkyl halides is 3. The number of para-hydroxylation sites is 2. The summed E-state index contributed by atoms with van der Waals surface area (Å²) in [6, 6.07) is 15.0. The Morgan fingerprint density at radius 1 is 0.949 bits per heavy atom. The molecule has 2 aliphatic rings. The van der Waals surface area contributed by atoms with E-state index in [1.165, 1.54) is 30.0 Å². The van der Waals surface area contributed by atoms with Crippen molar-refractivity contribution in [2.45, 2.75) is 56.5 Å². The highest BCUT2D eigenvalue weighted by atomic mass is 32.3. The summed E-state index contributed by atoms with van der Waals surface area (Å²) in [6.45, 7) is 7.48. The van der Waals surface area contributed by atoms with Crippen molar-refractivity contribution >= 4 is 86.9 Å². The number of esters is 1. The molecule has 22 heteroatoms. The number of halogens is 3. The van der Waals surface area contributed by atoms with Gasteiger partial charge in [0, 0.05) is 42.1 Å². The van der Waals surface area contributed by atoms with Crippen LogP contribution in [0.25, 0.3) is 16.3 Å². The van der Waals surface area contributed by atoms with Crippen molar-refractivity contribution in [2.75, 3.05) is 42.7 Å². The number of carbonyl (C=O) groups excluding carboxylic acids is 2. The minimum Gasteiger partial charge on any atom is -0.492 e. The van der Waals surface area contributed by atoms with Crippen LogP contribution < -0.4 is 18.3 Å². The number of aryl methyl sites for hydroxylation is 1. The maximum absolute atomic E-state index is 13.9. The smallest absolute Gasteiger partial charge is 0.492 e. The van der Waals surface area contributed by atoms with Gasteiger partial charge in [0.1, 0.15) is 17.1 Å². The molecule has 0 unspecified atom stereocenters. The summed E-state index contributed by atoms with van der Waals surface area (Å²) in [7, 11) is -14.5. The van der Waals surface area contributed by atoms with Crippen LogP contribution in [0, 0.1) is 0 Å². The number of fused-ring (bicyclic) bond motifs is 2. The van der Waals surface area contributed by atoms with Crippen molar-refractivity contribution in [3.05, 3.63) is 93.7 Å². The van der Waals surface area contributed by atoms with Crippen LogP contribution in [0.4, 0.5) is 18.9 Å². The standard InChI is InChI=1S/C37H42F3N4O10S5/c1-4-53-35-26(23-32-43(28-13-5-7-15-30(28)55-32)18-9-11-21-57(47,48)41-17-20-54-36(46)25(2)3)34(45)27(35)24-33-44(29-14-6-8-16-31(29)56-33)19-10-12-22-58(49,50)42-59(51,52)37(38,39)40/h5-8,13-16,23-24,41-42H,2,4,9-12,17-22H2,1,3H3/q+1. The summed E-state index contributed by atoms with van der Waals surface area (Å²) in [5, 5.41) is 1.37. The van der Waals surface area contributed by atoms with Gasteiger partial charge in [-0.15, -0.1) is 4.13 Å². The number of ether oxygens (including phenoxy) is 2. The average molecular weight is 920 g/mol. The number of nitrogens with one attached hydrogen (secondary N) is 2. The molecule has 0 saturated heterocycles. The summed E-state index contributed by atoms with van der Waals surface area (Å²) in [5.74, 6) is -1.51. The lowest BCUT2D eigenvalue weighted by Crippen LogP contribution is -2.41. The van der Waals surface area contributed by atoms with Gasteiger partial charge >= 0.3 is 21.5 Å². The molecular weight excluding hydrogens is 878 g/mol. The zero-order valence-corrected chi connectivity index (χ0v) is 36.0. The van der Waals surface area contributed by atoms with E-state index < -0.39 is 47.3 Å². The third kappa shape index (κ3) is 11.6. The summed E-state index contributed by atoms with van der Waals surface area (Å²) < 4.78 is 127. The van der Waals surface area contributed by atoms with Crippen molar-refractivity contribution in [1.29, 1.82) is 0 Å². The fourth-order valence-corrected chi connectivity index (χ4v) is 12.0. The number of nitrogens with zero attached hydrogens (tertiary/aromatic N) is 2. The fourth-order valence-electron chi connectivity index (χ4n) is 5.94. The van der Waals surface area contributed by atoms with Crippen molar-refractivity contribution < 1.29 is 62.1 Å². The monoisotopic (exact) mass is 919 g/mol. The molecule has 3 aromatic rings. The number of thioether (sulfide) groups is 1. The highest BCUT2D eigenvalue weighted by Crippen LogP contribution is 2.47. The number of aromatic nitrogens is 1. The highest BCUT2D eigenvalue weighted by Gasteiger charge is 2.48. The minimum atomic E-state index is -6.08. The Hall–Kier alpha value is -4.06. The van der Waals surface area contributed by atoms with E-state index in [2.05, 4.69) is 11.3 Å². The number of benzene rings is 2. The molecular formula is C37H42F3N4O10S5+. The Kier molecular flexibility index (Phi) is 14.9. The lowest BCUT2D eigenvalue weighted by Gasteiger charge is -2.25. The molecule has 1 aromatic heterocycles. The van der Waals surface area contributed by atoms with Crippen molar-refractivity contribution in [3.8, 4) is 0 Å². The number of allylic oxidation sites excluding steroid dienone is 3. The van der Waals surface area contributed by atoms with Crippen LogP contribution >= 0.6 is 23.1 Å². The van der Waals surface area contributed by atoms with E-state index in [0.717, 1.165) is 30.0 Å². The first kappa shape index (κ1) is 46.0. The van der Waals surface area contributed by atoms with Gasteiger partial charge in [0.05, 0.1) is 40.0 Å². The van der Waals surface area contributed by atoms with Gasteiger partial charge in [0.15, 0.2) is 6.54 Å². The van der Waals surface area contributed by atoms with Gasteiger partial charge in [-0.05, 0) is 57.4 Å². The molecule has 320 valence electrons. The van der Waals surface area contributed by atoms with Gasteiger partial charge in [-0.2, -0.15) is 17.7 Å². The summed E-state index contributed by atoms with van der Waals surface area (Å²) in [6.07, 6.45) is 4.26. The number of thiazole rings is 1. The van der Waals surface area contributed by atoms with E-state index in [4.69, 9.17) is 9.47 Å². The van der Waals surface area contributed by atoms with Crippen LogP contribution in [0.15, 0.2) is 93.6 Å². The zero-order chi connectivity index (χ0) is 43.2. The second-order valence-electron chi connectivity index (χ2n) is 13.2. The normalized spacial score (nSPS) is 16.2. The Labute approximate surface area is 349 Å². The molecule has 59 heavy (non-hydrogen) atoms. The Balaban J connectivity index is 1.31. The van der Waals surface area contributed by atoms with Crippen molar-refractivity contribution in [3.63, 3.8) is 0 Å². The van der Waals surface area contributed by atoms with Crippen molar-refractivity contribution in [2.24, 2.45) is 0 Å². The van der Waals surface area contributed by atoms with Gasteiger partial charge in [-0.25, -0.2) is 34.8 Å². The van der Waals surface area contributed by atoms with Gasteiger partial charge in [-0.1, -0.05) is 53.9 Å². The molecule has 0 spiro atoms. The topological polar surface area (TPSA) is 186 Å². The number of anilines is 1. The van der Waals surface area contributed by atoms with Crippen molar-refractivity contribution in [1.82, 2.24) is 8.85 Å². The molecule has 1 aliphatic heterocycles. The zero-order valence-electron chi connectivity index (χ0n) is 31.9. The lowest BCUT2D eigenvalue weighted by molar-refractivity contribution is -0.669. The SMILES string of the molecule is C=C(C)C(=O)OCCNS(=O)(=O)CCCCN1C(=CC2=C(OCC)C(=Cc3sc4ccccc4[n+]3CCCCS(=O)(=O)NS(=O)(=O)C(F)(F)F)C2=O)Sc2ccccc21. The lowest BCUT2D eigenvalue weighted by atomic mass is 9.87. The fraction of sp³-hybridized carbons (Fsp3) is 0.378. The van der Waals surface area contributed by atoms with Gasteiger partial charge in [0.25, 0.3) is 5.01 Å². The van der Waals surface area contributed by atoms with E-state index in [1.54, 1.807) is 25.1 Å². The highest BCUT2D eigenvalue weighted by molar-refractivity contribution is 8.05. The number of rotatable bonds is 21. The summed E-state index contributed by atoms with van der Waals surface area (Å²) >= 11 is 2.83. The van der Waals surface area contributed by atoms with Crippen LogP contribution in [-0.4, -0.2) is 80.3 Å². The third-order valence-electron chi connectivity index (χ3n) is 8.71. The second-order valence-corrected chi connectivity index (χ2v) is 21.0. The largest absolute Gasteiger partial charge is 0.512 e. The summed E-state index contributed by atoms with van der Waals surface area (Å²) in [4.78, 5) is 28.4. The van der Waals surface area contributed by atoms with E-state index in [1.807, 2.05) is 51.9 Å². The number of carbonyl (C=O) groups is 2. The molecule has 2 heterocycles. The molecule has 2 N–H and O–H groups in total. The first-order chi connectivity index (χ1) is 27.7. The number of Topliss-reactive ketones (excluding diaryl/α,β-unsaturated/α-hetero) is 1. The van der Waals surface area contributed by atoms with Crippen LogP contribution in [-0.2, 0) is 55.7 Å². The number of unbranched alkanes of at least 4 members (excludes halogenated alkanes) is 2. The Morgan fingerprint density at radius 2 is 1.63 bits per heavy atom. The molecule has 0 fully saturated rings. The minimum absolute atomic E-state index is 0.0633. The molecule has 1 aliphatic carbocycles. The predicted octanol–water partition coefficient (Wildman–Crippen LogP) is 5.27. The quantitative estimate of drug-likeness (QED) is 0.0612. The first-order valence-corrected chi connectivity index (χ1v) is 24.6. The molecule has 0 bridgehead atoms. The average Bonchev–Trinajstić information content (AvgIpc) is 3.70. The summed E-state index contributed by atoms with van der Waals surface area (Å²) in [5.41, 5.74) is -3.24. The maximum Gasteiger partial charge on any atom is 0.512 e. The molecule has 0 atom stereocenters. The molecule has 0 amide bonds. The molecule has 14 nitrogen and oxygen atoms in total. The molecule has 5 rings (SSSR count). The second kappa shape index (κ2) is 19.1. The van der Waals surface area contributed by atoms with Crippen LogP contribution in [0.5, 0.6) is 0 Å². The Bertz CT molecular complexity index is 2550. The van der Waals surface area contributed by atoms with Crippen LogP contribution in [0.2, 0.25) is 0 Å². The van der Waals surface area contributed by atoms with Gasteiger partial charge < -0.3 is 14.4 Å². The molecule has 0 saturated carbocycles. The van der Waals surface area contributed by atoms with E-state index in [-0.39, 0.29) is 56.3 Å². The van der Waals surface area contributed by atoms with E-state index in [0.29, 0.717) is 41.3 Å². The maximum atomic E-state index is 13.9. The molecule has 0 radical (unpaired) electrons. The van der Waals surface area contributed by atoms with Gasteiger partial charge in [0.2, 0.25) is 31.3 Å². The predicted molar refractivity (Wildman–Crippen MR) is 219 cm³/mol.